The highest BCUT2D eigenvalue weighted by molar-refractivity contribution is 5.71. The standard InChI is InChI=1S/C63H94O6/c1-4-7-10-13-16-19-22-25-28-30-31-33-35-38-41-44-47-50-53-56-62(65)68-59-60(58-67-61(64)55-52-49-46-43-40-37-34-27-24-21-18-15-12-9-6-3)69-63(66)57-54-51-48-45-42-39-36-32-29-26-23-20-17-14-11-8-5-2/h7-12,15-21,24-29,31,33-34,36-37,39-40,45,48,60H,4-6,13-14,22-23,30,32,35,38,41-44,46-47,49-59H2,1-3H3/b10-7-,11-8-,12-9-,18-15-,19-16-,20-17-,24-21-,28-25-,29-26-,33-31-,34-27-,39-36-,40-37-,48-45-. The predicted molar refractivity (Wildman–Crippen MR) is 297 cm³/mol. The molecule has 69 heavy (non-hydrogen) atoms. The number of carbonyl (C=O) groups excluding carboxylic acids is 3. The maximum atomic E-state index is 12.8. The first kappa shape index (κ1) is 63.8. The van der Waals surface area contributed by atoms with E-state index in [1.807, 2.05) is 48.6 Å². The molecule has 0 fully saturated rings. The zero-order valence-electron chi connectivity index (χ0n) is 43.5. The molecule has 0 spiro atoms. The van der Waals surface area contributed by atoms with E-state index in [1.165, 1.54) is 12.8 Å². The monoisotopic (exact) mass is 947 g/mol. The number of rotatable bonds is 45. The molecule has 0 radical (unpaired) electrons. The number of unbranched alkanes of at least 4 members (excludes halogenated alkanes) is 10. The average molecular weight is 947 g/mol. The van der Waals surface area contributed by atoms with Gasteiger partial charge in [0.2, 0.25) is 0 Å². The van der Waals surface area contributed by atoms with Gasteiger partial charge in [0.1, 0.15) is 13.2 Å². The van der Waals surface area contributed by atoms with Gasteiger partial charge < -0.3 is 14.2 Å². The van der Waals surface area contributed by atoms with Gasteiger partial charge >= 0.3 is 17.9 Å². The van der Waals surface area contributed by atoms with Gasteiger partial charge in [0.25, 0.3) is 0 Å². The summed E-state index contributed by atoms with van der Waals surface area (Å²) in [5.41, 5.74) is 0. The molecule has 1 unspecified atom stereocenters. The van der Waals surface area contributed by atoms with Gasteiger partial charge in [-0.05, 0) is 116 Å². The summed E-state index contributed by atoms with van der Waals surface area (Å²) in [5.74, 6) is -1.06. The van der Waals surface area contributed by atoms with Crippen LogP contribution in [-0.2, 0) is 28.6 Å². The van der Waals surface area contributed by atoms with Crippen LogP contribution < -0.4 is 0 Å². The maximum absolute atomic E-state index is 12.8. The summed E-state index contributed by atoms with van der Waals surface area (Å²) in [6, 6.07) is 0. The lowest BCUT2D eigenvalue weighted by molar-refractivity contribution is -0.167. The summed E-state index contributed by atoms with van der Waals surface area (Å²) in [4.78, 5) is 38.1. The molecule has 0 aliphatic rings. The molecule has 0 aliphatic carbocycles. The van der Waals surface area contributed by atoms with Crippen molar-refractivity contribution in [3.63, 3.8) is 0 Å². The fraction of sp³-hybridized carbons (Fsp3) is 0.508. The summed E-state index contributed by atoms with van der Waals surface area (Å²) in [6.07, 6.45) is 82.0. The van der Waals surface area contributed by atoms with Crippen molar-refractivity contribution in [2.75, 3.05) is 13.2 Å². The van der Waals surface area contributed by atoms with Crippen LogP contribution in [0.25, 0.3) is 0 Å². The molecule has 6 nitrogen and oxygen atoms in total. The van der Waals surface area contributed by atoms with Crippen LogP contribution in [0.5, 0.6) is 0 Å². The van der Waals surface area contributed by atoms with Crippen molar-refractivity contribution >= 4 is 17.9 Å². The fourth-order valence-electron chi connectivity index (χ4n) is 6.43. The Labute approximate surface area is 422 Å². The van der Waals surface area contributed by atoms with E-state index in [1.54, 1.807) is 0 Å². The van der Waals surface area contributed by atoms with Crippen LogP contribution in [0, 0.1) is 0 Å². The lowest BCUT2D eigenvalue weighted by atomic mass is 10.1. The highest BCUT2D eigenvalue weighted by atomic mass is 16.6. The zero-order valence-corrected chi connectivity index (χ0v) is 43.5. The molecular formula is C63H94O6. The largest absolute Gasteiger partial charge is 0.462 e. The van der Waals surface area contributed by atoms with E-state index in [-0.39, 0.29) is 38.0 Å². The van der Waals surface area contributed by atoms with Gasteiger partial charge in [-0.3, -0.25) is 14.4 Å². The molecule has 0 aromatic rings. The van der Waals surface area contributed by atoms with Gasteiger partial charge in [-0.1, -0.05) is 223 Å². The molecule has 0 bridgehead atoms. The van der Waals surface area contributed by atoms with Crippen molar-refractivity contribution in [1.82, 2.24) is 0 Å². The van der Waals surface area contributed by atoms with Gasteiger partial charge in [0, 0.05) is 19.3 Å². The highest BCUT2D eigenvalue weighted by Crippen LogP contribution is 2.12. The number of allylic oxidation sites excluding steroid dienone is 28. The third-order valence-corrected chi connectivity index (χ3v) is 10.3. The minimum atomic E-state index is -0.841. The van der Waals surface area contributed by atoms with E-state index in [2.05, 4.69) is 142 Å². The first-order valence-corrected chi connectivity index (χ1v) is 26.7. The number of hydrogen-bond donors (Lipinski definition) is 0. The third kappa shape index (κ3) is 53.6. The van der Waals surface area contributed by atoms with Crippen LogP contribution in [0.15, 0.2) is 170 Å². The van der Waals surface area contributed by atoms with Crippen molar-refractivity contribution < 1.29 is 28.6 Å². The van der Waals surface area contributed by atoms with Gasteiger partial charge in [0.15, 0.2) is 6.10 Å². The Bertz CT molecular complexity index is 1650. The highest BCUT2D eigenvalue weighted by Gasteiger charge is 2.19. The summed E-state index contributed by atoms with van der Waals surface area (Å²) in [6.45, 7) is 6.14. The van der Waals surface area contributed by atoms with Crippen LogP contribution in [0.2, 0.25) is 0 Å². The Morgan fingerprint density at radius 1 is 0.304 bits per heavy atom. The lowest BCUT2D eigenvalue weighted by Gasteiger charge is -2.18. The Kier molecular flexibility index (Phi) is 51.2. The molecule has 0 aliphatic heterocycles. The Hall–Kier alpha value is -5.23. The molecule has 1 atom stereocenters. The van der Waals surface area contributed by atoms with E-state index in [4.69, 9.17) is 14.2 Å². The Morgan fingerprint density at radius 3 is 1.04 bits per heavy atom. The molecule has 0 rings (SSSR count). The molecule has 6 heteroatoms. The lowest BCUT2D eigenvalue weighted by Crippen LogP contribution is -2.30. The number of esters is 3. The predicted octanol–water partition coefficient (Wildman–Crippen LogP) is 18.0. The minimum absolute atomic E-state index is 0.131. The summed E-state index contributed by atoms with van der Waals surface area (Å²) in [5, 5.41) is 0. The van der Waals surface area contributed by atoms with Crippen molar-refractivity contribution in [2.24, 2.45) is 0 Å². The van der Waals surface area contributed by atoms with Crippen molar-refractivity contribution in [3.05, 3.63) is 170 Å². The van der Waals surface area contributed by atoms with Gasteiger partial charge in [-0.25, -0.2) is 0 Å². The van der Waals surface area contributed by atoms with E-state index in [0.717, 1.165) is 122 Å². The molecule has 382 valence electrons. The van der Waals surface area contributed by atoms with Crippen LogP contribution in [-0.4, -0.2) is 37.2 Å². The Balaban J connectivity index is 4.61. The molecule has 0 N–H and O–H groups in total. The maximum Gasteiger partial charge on any atom is 0.306 e. The van der Waals surface area contributed by atoms with E-state index >= 15 is 0 Å². The van der Waals surface area contributed by atoms with E-state index in [9.17, 15) is 14.4 Å². The third-order valence-electron chi connectivity index (χ3n) is 10.3. The minimum Gasteiger partial charge on any atom is -0.462 e. The molecular weight excluding hydrogens is 853 g/mol. The molecule has 0 amide bonds. The molecule has 0 saturated carbocycles. The van der Waals surface area contributed by atoms with Crippen molar-refractivity contribution in [3.8, 4) is 0 Å². The van der Waals surface area contributed by atoms with E-state index < -0.39 is 12.1 Å². The summed E-state index contributed by atoms with van der Waals surface area (Å²) in [7, 11) is 0. The number of ether oxygens (including phenoxy) is 3. The van der Waals surface area contributed by atoms with Crippen molar-refractivity contribution in [2.45, 2.75) is 194 Å². The second kappa shape index (κ2) is 55.4. The quantitative estimate of drug-likeness (QED) is 0.0199. The molecule has 0 heterocycles. The summed E-state index contributed by atoms with van der Waals surface area (Å²) >= 11 is 0. The van der Waals surface area contributed by atoms with Gasteiger partial charge in [-0.15, -0.1) is 0 Å². The number of hydrogen-bond acceptors (Lipinski definition) is 6. The van der Waals surface area contributed by atoms with Gasteiger partial charge in [0.05, 0.1) is 0 Å². The average Bonchev–Trinajstić information content (AvgIpc) is 3.35. The smallest absolute Gasteiger partial charge is 0.306 e. The van der Waals surface area contributed by atoms with Crippen LogP contribution >= 0.6 is 0 Å². The second-order valence-corrected chi connectivity index (χ2v) is 16.8. The first-order valence-electron chi connectivity index (χ1n) is 26.7. The van der Waals surface area contributed by atoms with Crippen LogP contribution in [0.1, 0.15) is 188 Å². The van der Waals surface area contributed by atoms with Crippen LogP contribution in [0.4, 0.5) is 0 Å². The van der Waals surface area contributed by atoms with Crippen molar-refractivity contribution in [1.29, 1.82) is 0 Å². The molecule has 0 aromatic heterocycles. The zero-order chi connectivity index (χ0) is 50.0. The first-order chi connectivity index (χ1) is 34.0. The topological polar surface area (TPSA) is 78.9 Å². The second-order valence-electron chi connectivity index (χ2n) is 16.8. The molecule has 0 aromatic carbocycles. The summed E-state index contributed by atoms with van der Waals surface area (Å²) < 4.78 is 16.7. The number of carbonyl (C=O) groups is 3. The van der Waals surface area contributed by atoms with Gasteiger partial charge in [-0.2, -0.15) is 0 Å². The molecule has 0 saturated heterocycles. The normalized spacial score (nSPS) is 13.5. The van der Waals surface area contributed by atoms with Crippen LogP contribution in [0.3, 0.4) is 0 Å². The fourth-order valence-corrected chi connectivity index (χ4v) is 6.43. The SMILES string of the molecule is CC\C=C/C=C\C=C/C=C\C=C/CCCCCC(=O)OCC(COC(=O)CCCCCCCC/C=C\C/C=C\C/C=C\C/C=C\CC)OC(=O)CCC/C=C\C/C=C\C/C=C\C/C=C\C/C=C\CC. The Morgan fingerprint density at radius 2 is 0.609 bits per heavy atom. The van der Waals surface area contributed by atoms with E-state index in [0.29, 0.717) is 19.3 Å².